The number of halogens is 5. The Morgan fingerprint density at radius 1 is 1.09 bits per heavy atom. The standard InChI is InChI=1S/C30H32F5N5O5/c1-28(2,3)45-27(43)40-21-5-7-24(37-20(21)14-36-40)38-25(41)22-13-18(32)15-39(22)26(42)29(8-10-30(34,35)11-9-29)17-4-6-23(44-16-31)19(33)12-17/h4-7,12,14,18,22H,8-11,13,15-16H2,1-3H3,(H,37,38,41)/t18-,22-/m1/s1. The molecule has 45 heavy (non-hydrogen) atoms. The summed E-state index contributed by atoms with van der Waals surface area (Å²) in [6, 6.07) is 4.88. The summed E-state index contributed by atoms with van der Waals surface area (Å²) in [6.45, 7) is 3.32. The van der Waals surface area contributed by atoms with Gasteiger partial charge >= 0.3 is 6.09 Å². The first-order valence-electron chi connectivity index (χ1n) is 14.3. The van der Waals surface area contributed by atoms with Crippen LogP contribution in [0.5, 0.6) is 5.75 Å². The maximum Gasteiger partial charge on any atom is 0.435 e. The minimum absolute atomic E-state index is 0.0310. The van der Waals surface area contributed by atoms with Crippen molar-refractivity contribution < 1.29 is 45.8 Å². The zero-order valence-corrected chi connectivity index (χ0v) is 24.8. The zero-order chi connectivity index (χ0) is 32.7. The van der Waals surface area contributed by atoms with Crippen molar-refractivity contribution in [1.82, 2.24) is 19.7 Å². The van der Waals surface area contributed by atoms with Crippen LogP contribution >= 0.6 is 0 Å². The maximum absolute atomic E-state index is 14.8. The van der Waals surface area contributed by atoms with E-state index in [-0.39, 0.29) is 36.2 Å². The van der Waals surface area contributed by atoms with Crippen LogP contribution in [0.2, 0.25) is 0 Å². The minimum atomic E-state index is -3.06. The number of fused-ring (bicyclic) bond motifs is 1. The second-order valence-electron chi connectivity index (χ2n) is 12.3. The highest BCUT2D eigenvalue weighted by Gasteiger charge is 2.53. The lowest BCUT2D eigenvalue weighted by Crippen LogP contribution is -2.54. The van der Waals surface area contributed by atoms with Gasteiger partial charge in [-0.1, -0.05) is 6.07 Å². The van der Waals surface area contributed by atoms with Gasteiger partial charge in [-0.3, -0.25) is 9.59 Å². The van der Waals surface area contributed by atoms with Gasteiger partial charge in [-0.05, 0) is 63.4 Å². The molecule has 1 aromatic carbocycles. The van der Waals surface area contributed by atoms with Gasteiger partial charge in [-0.15, -0.1) is 0 Å². The molecule has 10 nitrogen and oxygen atoms in total. The van der Waals surface area contributed by atoms with Crippen molar-refractivity contribution in [2.75, 3.05) is 18.7 Å². The van der Waals surface area contributed by atoms with Gasteiger partial charge in [-0.25, -0.2) is 31.7 Å². The molecule has 1 saturated carbocycles. The van der Waals surface area contributed by atoms with Crippen LogP contribution in [0.25, 0.3) is 11.0 Å². The van der Waals surface area contributed by atoms with Crippen molar-refractivity contribution in [3.63, 3.8) is 0 Å². The first-order valence-corrected chi connectivity index (χ1v) is 14.3. The number of rotatable bonds is 6. The number of carbonyl (C=O) groups excluding carboxylic acids is 3. The molecule has 0 bridgehead atoms. The molecule has 1 N–H and O–H groups in total. The molecule has 1 aliphatic carbocycles. The summed E-state index contributed by atoms with van der Waals surface area (Å²) in [4.78, 5) is 45.4. The summed E-state index contributed by atoms with van der Waals surface area (Å²) in [6.07, 6.45) is -3.53. The summed E-state index contributed by atoms with van der Waals surface area (Å²) in [5.74, 6) is -6.02. The second kappa shape index (κ2) is 11.9. The molecule has 242 valence electrons. The van der Waals surface area contributed by atoms with Crippen LogP contribution in [0.3, 0.4) is 0 Å². The third-order valence-electron chi connectivity index (χ3n) is 8.00. The monoisotopic (exact) mass is 637 g/mol. The molecule has 0 unspecified atom stereocenters. The van der Waals surface area contributed by atoms with E-state index in [1.165, 1.54) is 24.4 Å². The van der Waals surface area contributed by atoms with Gasteiger partial charge in [0, 0.05) is 19.3 Å². The van der Waals surface area contributed by atoms with E-state index in [1.54, 1.807) is 20.8 Å². The number of likely N-dealkylation sites (tertiary alicyclic amines) is 1. The Kier molecular flexibility index (Phi) is 8.49. The van der Waals surface area contributed by atoms with Gasteiger partial charge in [0.2, 0.25) is 24.6 Å². The summed E-state index contributed by atoms with van der Waals surface area (Å²) >= 11 is 0. The highest BCUT2D eigenvalue weighted by atomic mass is 19.3. The topological polar surface area (TPSA) is 116 Å². The van der Waals surface area contributed by atoms with Crippen LogP contribution in [0, 0.1) is 5.82 Å². The number of ether oxygens (including phenoxy) is 2. The number of pyridine rings is 1. The first-order chi connectivity index (χ1) is 21.1. The number of nitrogens with one attached hydrogen (secondary N) is 1. The molecule has 2 aromatic heterocycles. The van der Waals surface area contributed by atoms with Crippen molar-refractivity contribution in [1.29, 1.82) is 0 Å². The predicted molar refractivity (Wildman–Crippen MR) is 151 cm³/mol. The van der Waals surface area contributed by atoms with E-state index in [9.17, 15) is 36.3 Å². The quantitative estimate of drug-likeness (QED) is 0.346. The lowest BCUT2D eigenvalue weighted by molar-refractivity contribution is -0.146. The van der Waals surface area contributed by atoms with E-state index in [0.29, 0.717) is 5.52 Å². The van der Waals surface area contributed by atoms with E-state index < -0.39 is 84.9 Å². The molecule has 2 atom stereocenters. The van der Waals surface area contributed by atoms with Crippen LogP contribution in [0.15, 0.2) is 36.5 Å². The highest BCUT2D eigenvalue weighted by Crippen LogP contribution is 2.48. The lowest BCUT2D eigenvalue weighted by atomic mass is 9.67. The van der Waals surface area contributed by atoms with Gasteiger partial charge in [0.15, 0.2) is 11.6 Å². The van der Waals surface area contributed by atoms with Crippen LogP contribution in [-0.2, 0) is 19.7 Å². The molecule has 15 heteroatoms. The molecular weight excluding hydrogens is 605 g/mol. The van der Waals surface area contributed by atoms with Crippen molar-refractivity contribution in [2.45, 2.75) is 82.0 Å². The number of benzene rings is 1. The van der Waals surface area contributed by atoms with Gasteiger partial charge in [0.25, 0.3) is 0 Å². The van der Waals surface area contributed by atoms with Crippen LogP contribution < -0.4 is 10.1 Å². The minimum Gasteiger partial charge on any atom is -0.460 e. The lowest BCUT2D eigenvalue weighted by Gasteiger charge is -2.42. The molecule has 2 amide bonds. The maximum atomic E-state index is 14.8. The summed E-state index contributed by atoms with van der Waals surface area (Å²) in [5, 5.41) is 6.56. The second-order valence-corrected chi connectivity index (χ2v) is 12.3. The number of carbonyl (C=O) groups is 3. The summed E-state index contributed by atoms with van der Waals surface area (Å²) in [5.41, 5.74) is -1.87. The van der Waals surface area contributed by atoms with Gasteiger partial charge in [0.1, 0.15) is 29.1 Å². The fourth-order valence-corrected chi connectivity index (χ4v) is 5.82. The molecule has 3 heterocycles. The largest absolute Gasteiger partial charge is 0.460 e. The molecule has 1 aliphatic heterocycles. The third-order valence-corrected chi connectivity index (χ3v) is 8.00. The summed E-state index contributed by atoms with van der Waals surface area (Å²) in [7, 11) is 0. The zero-order valence-electron chi connectivity index (χ0n) is 24.8. The van der Waals surface area contributed by atoms with Crippen LogP contribution in [0.1, 0.15) is 58.4 Å². The fraction of sp³-hybridized carbons (Fsp3) is 0.500. The predicted octanol–water partition coefficient (Wildman–Crippen LogP) is 5.68. The van der Waals surface area contributed by atoms with Crippen LogP contribution in [-0.4, -0.2) is 74.7 Å². The van der Waals surface area contributed by atoms with Crippen molar-refractivity contribution in [2.24, 2.45) is 0 Å². The molecule has 2 aliphatic rings. The van der Waals surface area contributed by atoms with Gasteiger partial charge in [-0.2, -0.15) is 9.78 Å². The number of aromatic nitrogens is 3. The number of nitrogens with zero attached hydrogens (tertiary/aromatic N) is 4. The normalized spacial score (nSPS) is 21.0. The first kappa shape index (κ1) is 32.1. The molecular formula is C30H32F5N5O5. The van der Waals surface area contributed by atoms with Crippen molar-refractivity contribution in [3.05, 3.63) is 47.9 Å². The van der Waals surface area contributed by atoms with Crippen molar-refractivity contribution >= 4 is 34.8 Å². The Hall–Kier alpha value is -4.30. The Balaban J connectivity index is 1.40. The van der Waals surface area contributed by atoms with E-state index >= 15 is 0 Å². The van der Waals surface area contributed by atoms with E-state index in [1.807, 2.05) is 0 Å². The smallest absolute Gasteiger partial charge is 0.435 e. The molecule has 3 aromatic rings. The number of hydrogen-bond donors (Lipinski definition) is 1. The Morgan fingerprint density at radius 2 is 1.80 bits per heavy atom. The average Bonchev–Trinajstić information content (AvgIpc) is 3.56. The molecule has 5 rings (SSSR count). The summed E-state index contributed by atoms with van der Waals surface area (Å²) < 4.78 is 81.7. The number of amides is 2. The van der Waals surface area contributed by atoms with E-state index in [2.05, 4.69) is 20.1 Å². The van der Waals surface area contributed by atoms with Crippen LogP contribution in [0.4, 0.5) is 32.6 Å². The van der Waals surface area contributed by atoms with E-state index in [4.69, 9.17) is 4.74 Å². The van der Waals surface area contributed by atoms with Gasteiger partial charge in [0.05, 0.1) is 23.7 Å². The number of hydrogen-bond acceptors (Lipinski definition) is 7. The van der Waals surface area contributed by atoms with Gasteiger partial charge < -0.3 is 19.7 Å². The Morgan fingerprint density at radius 3 is 2.44 bits per heavy atom. The fourth-order valence-electron chi connectivity index (χ4n) is 5.82. The molecule has 1 saturated heterocycles. The molecule has 0 spiro atoms. The molecule has 2 fully saturated rings. The van der Waals surface area contributed by atoms with Crippen molar-refractivity contribution in [3.8, 4) is 5.75 Å². The number of anilines is 1. The third kappa shape index (κ3) is 6.57. The van der Waals surface area contributed by atoms with E-state index in [0.717, 1.165) is 21.7 Å². The SMILES string of the molecule is CC(C)(C)OC(=O)n1ncc2nc(NC(=O)[C@H]3C[C@@H](F)CN3C(=O)C3(c4ccc(OCF)c(F)c4)CCC(F)(F)CC3)ccc21. The Bertz CT molecular complexity index is 1610. The number of alkyl halides is 4. The highest BCUT2D eigenvalue weighted by molar-refractivity contribution is 6.00. The molecule has 0 radical (unpaired) electrons. The average molecular weight is 638 g/mol. The Labute approximate surface area is 254 Å².